The van der Waals surface area contributed by atoms with Gasteiger partial charge in [-0.1, -0.05) is 20.8 Å². The van der Waals surface area contributed by atoms with Crippen LogP contribution in [-0.4, -0.2) is 51.0 Å². The quantitative estimate of drug-likeness (QED) is 0.646. The fourth-order valence-electron chi connectivity index (χ4n) is 3.40. The maximum atomic E-state index is 13.9. The number of carbonyl (C=O) groups excluding carboxylic acids is 1. The molecule has 0 spiro atoms. The summed E-state index contributed by atoms with van der Waals surface area (Å²) < 4.78 is 27.9. The molecule has 0 bridgehead atoms. The van der Waals surface area contributed by atoms with Gasteiger partial charge in [0.1, 0.15) is 11.5 Å². The molecule has 3 rings (SSSR count). The molecule has 1 atom stereocenters. The number of aromatic nitrogens is 2. The van der Waals surface area contributed by atoms with Gasteiger partial charge in [0.15, 0.2) is 0 Å². The smallest absolute Gasteiger partial charge is 0.365 e. The van der Waals surface area contributed by atoms with E-state index in [9.17, 15) is 23.5 Å². The average molecular weight is 453 g/mol. The summed E-state index contributed by atoms with van der Waals surface area (Å²) in [6, 6.07) is 1.23. The van der Waals surface area contributed by atoms with Crippen LogP contribution in [-0.2, 0) is 0 Å². The maximum absolute atomic E-state index is 13.9. The number of anilines is 1. The van der Waals surface area contributed by atoms with Gasteiger partial charge in [0, 0.05) is 36.5 Å². The molecular weight excluding hydrogens is 426 g/mol. The Morgan fingerprint density at radius 1 is 1.39 bits per heavy atom. The second kappa shape index (κ2) is 8.86. The van der Waals surface area contributed by atoms with Gasteiger partial charge >= 0.3 is 5.97 Å². The molecule has 2 aromatic rings. The van der Waals surface area contributed by atoms with E-state index in [-0.39, 0.29) is 44.0 Å². The third-order valence-electron chi connectivity index (χ3n) is 5.04. The lowest BCUT2D eigenvalue weighted by Crippen LogP contribution is -2.34. The van der Waals surface area contributed by atoms with E-state index >= 15 is 0 Å². The molecule has 0 aromatic carbocycles. The fourth-order valence-corrected chi connectivity index (χ4v) is 4.33. The summed E-state index contributed by atoms with van der Waals surface area (Å²) in [5, 5.41) is 12.1. The summed E-state index contributed by atoms with van der Waals surface area (Å²) in [6.07, 6.45) is 0.0817. The van der Waals surface area contributed by atoms with Gasteiger partial charge in [-0.3, -0.25) is 4.79 Å². The van der Waals surface area contributed by atoms with Gasteiger partial charge in [-0.2, -0.15) is 0 Å². The average Bonchev–Trinajstić information content (AvgIpc) is 3.31. The van der Waals surface area contributed by atoms with E-state index in [2.05, 4.69) is 15.3 Å². The molecule has 1 saturated heterocycles. The van der Waals surface area contributed by atoms with Crippen LogP contribution in [0, 0.1) is 5.41 Å². The molecule has 168 valence electrons. The number of amides is 1. The first-order valence-corrected chi connectivity index (χ1v) is 10.9. The summed E-state index contributed by atoms with van der Waals surface area (Å²) in [7, 11) is 0. The summed E-state index contributed by atoms with van der Waals surface area (Å²) in [4.78, 5) is 34.6. The van der Waals surface area contributed by atoms with Crippen molar-refractivity contribution in [2.75, 3.05) is 18.4 Å². The van der Waals surface area contributed by atoms with Crippen molar-refractivity contribution < 1.29 is 23.5 Å². The highest BCUT2D eigenvalue weighted by atomic mass is 32.1. The number of carboxylic acids is 1. The van der Waals surface area contributed by atoms with Gasteiger partial charge in [-0.25, -0.2) is 23.5 Å². The highest BCUT2D eigenvalue weighted by Gasteiger charge is 2.32. The highest BCUT2D eigenvalue weighted by molar-refractivity contribution is 7.17. The van der Waals surface area contributed by atoms with Gasteiger partial charge in [0.2, 0.25) is 5.01 Å². The molecule has 1 amide bonds. The zero-order valence-corrected chi connectivity index (χ0v) is 18.7. The van der Waals surface area contributed by atoms with Crippen molar-refractivity contribution in [3.63, 3.8) is 0 Å². The summed E-state index contributed by atoms with van der Waals surface area (Å²) in [5.41, 5.74) is -0.493. The van der Waals surface area contributed by atoms with E-state index in [4.69, 9.17) is 0 Å². The lowest BCUT2D eigenvalue weighted by molar-refractivity contribution is 0.0696. The third-order valence-corrected chi connectivity index (χ3v) is 6.12. The number of nitrogens with one attached hydrogen (secondary N) is 1. The van der Waals surface area contributed by atoms with Gasteiger partial charge < -0.3 is 15.3 Å². The largest absolute Gasteiger partial charge is 0.476 e. The lowest BCUT2D eigenvalue weighted by Gasteiger charge is -2.21. The number of likely N-dealkylation sites (tertiary alicyclic amines) is 1. The molecule has 0 saturated carbocycles. The van der Waals surface area contributed by atoms with Gasteiger partial charge in [0.25, 0.3) is 12.3 Å². The highest BCUT2D eigenvalue weighted by Crippen LogP contribution is 2.38. The van der Waals surface area contributed by atoms with Crippen molar-refractivity contribution in [3.05, 3.63) is 28.5 Å². The minimum Gasteiger partial charge on any atom is -0.476 e. The van der Waals surface area contributed by atoms with E-state index in [1.165, 1.54) is 12.3 Å². The summed E-state index contributed by atoms with van der Waals surface area (Å²) in [6.45, 7) is 8.97. The Bertz CT molecular complexity index is 987. The number of thiazole rings is 1. The molecule has 10 heteroatoms. The van der Waals surface area contributed by atoms with Crippen LogP contribution in [0.25, 0.3) is 10.4 Å². The van der Waals surface area contributed by atoms with Crippen LogP contribution in [0.15, 0.2) is 12.3 Å². The molecule has 7 nitrogen and oxygen atoms in total. The van der Waals surface area contributed by atoms with E-state index in [1.54, 1.807) is 4.90 Å². The van der Waals surface area contributed by atoms with Crippen LogP contribution >= 0.6 is 11.3 Å². The fraction of sp³-hybridized carbons (Fsp3) is 0.524. The van der Waals surface area contributed by atoms with Crippen molar-refractivity contribution in [1.82, 2.24) is 14.9 Å². The predicted octanol–water partition coefficient (Wildman–Crippen LogP) is 4.92. The number of carbonyl (C=O) groups is 2. The minimum absolute atomic E-state index is 0.0213. The molecule has 0 aliphatic carbocycles. The van der Waals surface area contributed by atoms with E-state index in [0.29, 0.717) is 24.4 Å². The minimum atomic E-state index is -2.84. The number of alkyl halides is 2. The van der Waals surface area contributed by atoms with E-state index in [0.717, 1.165) is 12.8 Å². The number of nitrogens with zero attached hydrogens (tertiary/aromatic N) is 3. The van der Waals surface area contributed by atoms with Gasteiger partial charge in [0.05, 0.1) is 4.88 Å². The first-order valence-electron chi connectivity index (χ1n) is 10.1. The van der Waals surface area contributed by atoms with Gasteiger partial charge in [-0.05, 0) is 31.2 Å². The zero-order chi connectivity index (χ0) is 22.9. The Balaban J connectivity index is 2.06. The zero-order valence-electron chi connectivity index (χ0n) is 17.9. The number of aromatic carboxylic acids is 1. The van der Waals surface area contributed by atoms with Gasteiger partial charge in [-0.15, -0.1) is 11.3 Å². The molecule has 1 aliphatic rings. The Kier molecular flexibility index (Phi) is 6.59. The van der Waals surface area contributed by atoms with Crippen molar-refractivity contribution in [3.8, 4) is 10.4 Å². The molecule has 1 fully saturated rings. The molecule has 3 heterocycles. The van der Waals surface area contributed by atoms with E-state index in [1.807, 2.05) is 27.7 Å². The molecule has 1 aliphatic heterocycles. The maximum Gasteiger partial charge on any atom is 0.365 e. The number of halogens is 2. The Morgan fingerprint density at radius 2 is 2.10 bits per heavy atom. The topological polar surface area (TPSA) is 95.4 Å². The normalized spacial score (nSPS) is 16.7. The van der Waals surface area contributed by atoms with Crippen LogP contribution < -0.4 is 5.32 Å². The second-order valence-corrected chi connectivity index (χ2v) is 9.86. The molecule has 31 heavy (non-hydrogen) atoms. The molecule has 0 unspecified atom stereocenters. The SMILES string of the molecule is C[C@H]1CCCN1C(=O)c1nc(C(=O)O)sc1-c1cnc(NCC(C)(C)C)cc1C(F)F. The van der Waals surface area contributed by atoms with Crippen LogP contribution in [0.1, 0.15) is 72.8 Å². The van der Waals surface area contributed by atoms with Crippen molar-refractivity contribution in [2.24, 2.45) is 5.41 Å². The van der Waals surface area contributed by atoms with Crippen LogP contribution in [0.5, 0.6) is 0 Å². The van der Waals surface area contributed by atoms with Crippen molar-refractivity contribution >= 4 is 29.0 Å². The second-order valence-electron chi connectivity index (χ2n) is 8.86. The molecular formula is C21H26F2N4O3S. The number of rotatable bonds is 6. The Hall–Kier alpha value is -2.62. The van der Waals surface area contributed by atoms with Crippen molar-refractivity contribution in [2.45, 2.75) is 53.0 Å². The first-order chi connectivity index (χ1) is 14.5. The summed E-state index contributed by atoms with van der Waals surface area (Å²) >= 11 is 0.712. The third kappa shape index (κ3) is 5.17. The number of hydrogen-bond acceptors (Lipinski definition) is 6. The van der Waals surface area contributed by atoms with Crippen LogP contribution in [0.4, 0.5) is 14.6 Å². The number of pyridine rings is 1. The monoisotopic (exact) mass is 452 g/mol. The molecule has 2 N–H and O–H groups in total. The lowest BCUT2D eigenvalue weighted by atomic mass is 9.97. The van der Waals surface area contributed by atoms with Crippen LogP contribution in [0.2, 0.25) is 0 Å². The summed E-state index contributed by atoms with van der Waals surface area (Å²) in [5.74, 6) is -1.47. The Labute approximate surface area is 183 Å². The standard InChI is InChI=1S/C21H26F2N4O3S/c1-11-6-5-7-27(11)19(28)15-16(31-18(26-15)20(29)30)13-9-24-14(8-12(13)17(22)23)25-10-21(2,3)4/h8-9,11,17H,5-7,10H2,1-4H3,(H,24,25)(H,29,30)/t11-/m0/s1. The number of hydrogen-bond donors (Lipinski definition) is 2. The van der Waals surface area contributed by atoms with Crippen molar-refractivity contribution in [1.29, 1.82) is 0 Å². The molecule has 0 radical (unpaired) electrons. The first kappa shape index (κ1) is 23.1. The predicted molar refractivity (Wildman–Crippen MR) is 115 cm³/mol. The molecule has 2 aromatic heterocycles. The number of carboxylic acid groups (broad SMARTS) is 1. The Morgan fingerprint density at radius 3 is 2.65 bits per heavy atom. The van der Waals surface area contributed by atoms with Crippen LogP contribution in [0.3, 0.4) is 0 Å². The van der Waals surface area contributed by atoms with E-state index < -0.39 is 18.3 Å².